The molecule has 0 radical (unpaired) electrons. The highest BCUT2D eigenvalue weighted by Gasteiger charge is 2.37. The van der Waals surface area contributed by atoms with Crippen LogP contribution in [-0.2, 0) is 15.1 Å². The molecule has 23 heavy (non-hydrogen) atoms. The fourth-order valence-corrected chi connectivity index (χ4v) is 3.04. The maximum Gasteiger partial charge on any atom is 0.305 e. The zero-order valence-electron chi connectivity index (χ0n) is 13.3. The quantitative estimate of drug-likeness (QED) is 0.867. The van der Waals surface area contributed by atoms with E-state index in [2.05, 4.69) is 0 Å². The molecule has 0 fully saturated rings. The third-order valence-electron chi connectivity index (χ3n) is 4.20. The van der Waals surface area contributed by atoms with Crippen molar-refractivity contribution in [1.29, 1.82) is 0 Å². The number of hydrogen-bond acceptors (Lipinski definition) is 4. The fraction of sp³-hybridized carbons (Fsp3) is 0.316. The highest BCUT2D eigenvalue weighted by molar-refractivity contribution is 5.77. The highest BCUT2D eigenvalue weighted by Crippen LogP contribution is 2.47. The van der Waals surface area contributed by atoms with Crippen molar-refractivity contribution < 1.29 is 19.4 Å². The molecule has 2 aromatic carbocycles. The van der Waals surface area contributed by atoms with Crippen molar-refractivity contribution in [2.75, 3.05) is 6.61 Å². The Kier molecular flexibility index (Phi) is 3.99. The average molecular weight is 312 g/mol. The molecule has 1 atom stereocenters. The molecule has 0 bridgehead atoms. The smallest absolute Gasteiger partial charge is 0.305 e. The van der Waals surface area contributed by atoms with Crippen molar-refractivity contribution in [3.8, 4) is 22.6 Å². The molecule has 2 aromatic rings. The van der Waals surface area contributed by atoms with Gasteiger partial charge in [-0.2, -0.15) is 0 Å². The van der Waals surface area contributed by atoms with Gasteiger partial charge in [-0.25, -0.2) is 0 Å². The van der Waals surface area contributed by atoms with Crippen molar-refractivity contribution in [2.45, 2.75) is 32.3 Å². The number of rotatable bonds is 4. The molecule has 0 aromatic heterocycles. The SMILES string of the molecule is CCOC(=O)CCC1(C)Oc2ccccc2-c2ccc(O)cc21. The molecule has 1 aliphatic rings. The number of benzene rings is 2. The normalized spacial score (nSPS) is 18.5. The Hall–Kier alpha value is -2.49. The Labute approximate surface area is 135 Å². The molecule has 1 unspecified atom stereocenters. The van der Waals surface area contributed by atoms with E-state index in [0.717, 1.165) is 22.4 Å². The molecule has 0 saturated carbocycles. The van der Waals surface area contributed by atoms with E-state index < -0.39 is 5.60 Å². The zero-order chi connectivity index (χ0) is 16.4. The van der Waals surface area contributed by atoms with Gasteiger partial charge in [0.05, 0.1) is 6.61 Å². The second kappa shape index (κ2) is 5.95. The van der Waals surface area contributed by atoms with Gasteiger partial charge in [0.15, 0.2) is 0 Å². The van der Waals surface area contributed by atoms with Gasteiger partial charge in [-0.3, -0.25) is 4.79 Å². The number of hydrogen-bond donors (Lipinski definition) is 1. The number of carbonyl (C=O) groups is 1. The van der Waals surface area contributed by atoms with Gasteiger partial charge in [0.1, 0.15) is 17.1 Å². The minimum Gasteiger partial charge on any atom is -0.508 e. The summed E-state index contributed by atoms with van der Waals surface area (Å²) in [6.45, 7) is 4.11. The van der Waals surface area contributed by atoms with Crippen LogP contribution in [0.15, 0.2) is 42.5 Å². The first kappa shape index (κ1) is 15.4. The largest absolute Gasteiger partial charge is 0.508 e. The van der Waals surface area contributed by atoms with Crippen LogP contribution in [0.2, 0.25) is 0 Å². The van der Waals surface area contributed by atoms with Gasteiger partial charge in [-0.15, -0.1) is 0 Å². The molecule has 1 N–H and O–H groups in total. The molecular weight excluding hydrogens is 292 g/mol. The van der Waals surface area contributed by atoms with E-state index in [1.165, 1.54) is 0 Å². The summed E-state index contributed by atoms with van der Waals surface area (Å²) in [6.07, 6.45) is 0.748. The van der Waals surface area contributed by atoms with Crippen LogP contribution >= 0.6 is 0 Å². The molecule has 4 heteroatoms. The monoisotopic (exact) mass is 312 g/mol. The van der Waals surface area contributed by atoms with E-state index in [9.17, 15) is 9.90 Å². The fourth-order valence-electron chi connectivity index (χ4n) is 3.04. The first-order valence-electron chi connectivity index (χ1n) is 7.81. The summed E-state index contributed by atoms with van der Waals surface area (Å²) in [6, 6.07) is 13.1. The molecule has 0 amide bonds. The Morgan fingerprint density at radius 2 is 2.00 bits per heavy atom. The van der Waals surface area contributed by atoms with Gasteiger partial charge in [0, 0.05) is 24.0 Å². The third-order valence-corrected chi connectivity index (χ3v) is 4.20. The van der Waals surface area contributed by atoms with E-state index in [4.69, 9.17) is 9.47 Å². The molecule has 3 rings (SSSR count). The Morgan fingerprint density at radius 3 is 2.78 bits per heavy atom. The lowest BCUT2D eigenvalue weighted by Crippen LogP contribution is -2.33. The first-order chi connectivity index (χ1) is 11.0. The van der Waals surface area contributed by atoms with E-state index in [1.54, 1.807) is 19.1 Å². The summed E-state index contributed by atoms with van der Waals surface area (Å²) >= 11 is 0. The maximum atomic E-state index is 11.7. The highest BCUT2D eigenvalue weighted by atomic mass is 16.5. The Balaban J connectivity index is 2.00. The molecule has 0 spiro atoms. The Bertz CT molecular complexity index is 738. The van der Waals surface area contributed by atoms with E-state index in [1.807, 2.05) is 37.3 Å². The zero-order valence-corrected chi connectivity index (χ0v) is 13.3. The van der Waals surface area contributed by atoms with Gasteiger partial charge in [-0.05, 0) is 37.6 Å². The van der Waals surface area contributed by atoms with Crippen LogP contribution in [0.25, 0.3) is 11.1 Å². The molecule has 4 nitrogen and oxygen atoms in total. The van der Waals surface area contributed by atoms with Crippen molar-refractivity contribution in [3.05, 3.63) is 48.0 Å². The summed E-state index contributed by atoms with van der Waals surface area (Å²) in [7, 11) is 0. The average Bonchev–Trinajstić information content (AvgIpc) is 2.54. The van der Waals surface area contributed by atoms with Crippen LogP contribution in [0.4, 0.5) is 0 Å². The van der Waals surface area contributed by atoms with Crippen molar-refractivity contribution >= 4 is 5.97 Å². The number of aromatic hydroxyl groups is 1. The van der Waals surface area contributed by atoms with Crippen molar-refractivity contribution in [3.63, 3.8) is 0 Å². The van der Waals surface area contributed by atoms with Gasteiger partial charge < -0.3 is 14.6 Å². The van der Waals surface area contributed by atoms with Gasteiger partial charge in [0.25, 0.3) is 0 Å². The van der Waals surface area contributed by atoms with Crippen LogP contribution in [0.1, 0.15) is 32.3 Å². The van der Waals surface area contributed by atoms with Crippen LogP contribution in [0.5, 0.6) is 11.5 Å². The minimum atomic E-state index is -0.685. The molecule has 0 saturated heterocycles. The minimum absolute atomic E-state index is 0.189. The summed E-state index contributed by atoms with van der Waals surface area (Å²) in [5.74, 6) is 0.740. The van der Waals surface area contributed by atoms with E-state index in [0.29, 0.717) is 13.0 Å². The molecular formula is C19H20O4. The maximum absolute atomic E-state index is 11.7. The van der Waals surface area contributed by atoms with E-state index in [-0.39, 0.29) is 18.1 Å². The number of ether oxygens (including phenoxy) is 2. The van der Waals surface area contributed by atoms with E-state index >= 15 is 0 Å². The molecule has 0 aliphatic carbocycles. The van der Waals surface area contributed by atoms with Crippen LogP contribution in [0, 0.1) is 0 Å². The summed E-state index contributed by atoms with van der Waals surface area (Å²) in [4.78, 5) is 11.7. The van der Waals surface area contributed by atoms with Crippen LogP contribution < -0.4 is 4.74 Å². The second-order valence-corrected chi connectivity index (χ2v) is 5.86. The third kappa shape index (κ3) is 2.89. The lowest BCUT2D eigenvalue weighted by molar-refractivity contribution is -0.144. The number of phenols is 1. The topological polar surface area (TPSA) is 55.8 Å². The molecule has 1 heterocycles. The van der Waals surface area contributed by atoms with Crippen LogP contribution in [-0.4, -0.2) is 17.7 Å². The van der Waals surface area contributed by atoms with Crippen LogP contribution in [0.3, 0.4) is 0 Å². The number of carbonyl (C=O) groups excluding carboxylic acids is 1. The summed E-state index contributed by atoms with van der Waals surface area (Å²) in [5.41, 5.74) is 2.22. The van der Waals surface area contributed by atoms with Gasteiger partial charge in [0.2, 0.25) is 0 Å². The first-order valence-corrected chi connectivity index (χ1v) is 7.81. The predicted octanol–water partition coefficient (Wildman–Crippen LogP) is 4.01. The number of para-hydroxylation sites is 1. The lowest BCUT2D eigenvalue weighted by Gasteiger charge is -2.37. The number of fused-ring (bicyclic) bond motifs is 3. The lowest BCUT2D eigenvalue weighted by atomic mass is 9.82. The Morgan fingerprint density at radius 1 is 1.22 bits per heavy atom. The standard InChI is InChI=1S/C19H20O4/c1-3-22-18(21)10-11-19(2)16-12-13(20)8-9-14(16)15-6-4-5-7-17(15)23-19/h4-9,12,20H,3,10-11H2,1-2H3. The summed E-state index contributed by atoms with van der Waals surface area (Å²) < 4.78 is 11.2. The van der Waals surface area contributed by atoms with Gasteiger partial charge in [-0.1, -0.05) is 24.3 Å². The number of esters is 1. The second-order valence-electron chi connectivity index (χ2n) is 5.86. The summed E-state index contributed by atoms with van der Waals surface area (Å²) in [5, 5.41) is 9.88. The van der Waals surface area contributed by atoms with Gasteiger partial charge >= 0.3 is 5.97 Å². The molecule has 120 valence electrons. The molecule has 1 aliphatic heterocycles. The number of phenolic OH excluding ortho intramolecular Hbond substituents is 1. The van der Waals surface area contributed by atoms with Crippen molar-refractivity contribution in [1.82, 2.24) is 0 Å². The predicted molar refractivity (Wildman–Crippen MR) is 87.4 cm³/mol. The van der Waals surface area contributed by atoms with Crippen molar-refractivity contribution in [2.24, 2.45) is 0 Å².